The second-order valence-corrected chi connectivity index (χ2v) is 8.07. The molecule has 25 heavy (non-hydrogen) atoms. The van der Waals surface area contributed by atoms with Crippen LogP contribution < -0.4 is 0 Å². The number of hydrogen-bond acceptors (Lipinski definition) is 5. The van der Waals surface area contributed by atoms with Gasteiger partial charge in [0.1, 0.15) is 0 Å². The molecule has 0 atom stereocenters. The maximum Gasteiger partial charge on any atom is 0.233 e. The Balaban J connectivity index is 1.33. The van der Waals surface area contributed by atoms with Crippen molar-refractivity contribution in [2.24, 2.45) is 0 Å². The number of aromatic nitrogens is 1. The molecule has 6 heteroatoms. The quantitative estimate of drug-likeness (QED) is 0.697. The third-order valence-corrected chi connectivity index (χ3v) is 6.15. The Hall–Kier alpha value is -1.50. The second-order valence-electron chi connectivity index (χ2n) is 5.86. The van der Waals surface area contributed by atoms with Crippen LogP contribution in [0, 0.1) is 0 Å². The van der Waals surface area contributed by atoms with Crippen LogP contribution in [0.4, 0.5) is 0 Å². The van der Waals surface area contributed by atoms with Crippen molar-refractivity contribution in [3.05, 3.63) is 54.9 Å². The molecule has 4 nitrogen and oxygen atoms in total. The molecule has 2 heterocycles. The molecular formula is C19H23N3OS2. The van der Waals surface area contributed by atoms with Crippen LogP contribution in [0.3, 0.4) is 0 Å². The van der Waals surface area contributed by atoms with Crippen molar-refractivity contribution < 1.29 is 4.79 Å². The number of hydrogen-bond donors (Lipinski definition) is 0. The van der Waals surface area contributed by atoms with Crippen LogP contribution >= 0.6 is 23.5 Å². The van der Waals surface area contributed by atoms with E-state index in [4.69, 9.17) is 0 Å². The smallest absolute Gasteiger partial charge is 0.233 e. The van der Waals surface area contributed by atoms with E-state index in [1.165, 1.54) is 4.90 Å². The van der Waals surface area contributed by atoms with Gasteiger partial charge in [0.05, 0.1) is 5.75 Å². The molecule has 1 fully saturated rings. The lowest BCUT2D eigenvalue weighted by Crippen LogP contribution is -2.49. The van der Waals surface area contributed by atoms with E-state index in [2.05, 4.69) is 34.1 Å². The largest absolute Gasteiger partial charge is 0.339 e. The van der Waals surface area contributed by atoms with E-state index in [1.54, 1.807) is 24.2 Å². The summed E-state index contributed by atoms with van der Waals surface area (Å²) in [6.45, 7) is 4.70. The van der Waals surface area contributed by atoms with Gasteiger partial charge in [-0.1, -0.05) is 18.2 Å². The van der Waals surface area contributed by atoms with Crippen molar-refractivity contribution in [1.29, 1.82) is 0 Å². The molecule has 1 aromatic heterocycles. The van der Waals surface area contributed by atoms with Crippen LogP contribution in [-0.4, -0.2) is 64.9 Å². The summed E-state index contributed by atoms with van der Waals surface area (Å²) in [4.78, 5) is 23.2. The molecule has 0 spiro atoms. The fourth-order valence-corrected chi connectivity index (χ4v) is 4.42. The highest BCUT2D eigenvalue weighted by Gasteiger charge is 2.20. The van der Waals surface area contributed by atoms with Gasteiger partial charge in [0.2, 0.25) is 5.91 Å². The van der Waals surface area contributed by atoms with Crippen LogP contribution in [0.5, 0.6) is 0 Å². The number of piperazine rings is 1. The molecule has 1 aliphatic rings. The summed E-state index contributed by atoms with van der Waals surface area (Å²) in [6, 6.07) is 14.4. The van der Waals surface area contributed by atoms with E-state index in [0.29, 0.717) is 5.75 Å². The molecule has 0 unspecified atom stereocenters. The normalized spacial score (nSPS) is 15.3. The number of rotatable bonds is 7. The van der Waals surface area contributed by atoms with Gasteiger partial charge in [-0.25, -0.2) is 0 Å². The van der Waals surface area contributed by atoms with Crippen LogP contribution in [0.25, 0.3) is 0 Å². The molecule has 132 valence electrons. The zero-order valence-corrected chi connectivity index (χ0v) is 15.8. The molecule has 0 radical (unpaired) electrons. The predicted molar refractivity (Wildman–Crippen MR) is 105 cm³/mol. The SMILES string of the molecule is O=C(CSc1ccncc1)N1CCN(CCSc2ccccc2)CC1. The van der Waals surface area contributed by atoms with E-state index in [9.17, 15) is 4.79 Å². The summed E-state index contributed by atoms with van der Waals surface area (Å²) in [5.41, 5.74) is 0. The Labute approximate surface area is 158 Å². The van der Waals surface area contributed by atoms with Gasteiger partial charge < -0.3 is 4.90 Å². The molecule has 2 aromatic rings. The zero-order chi connectivity index (χ0) is 17.3. The lowest BCUT2D eigenvalue weighted by atomic mass is 10.3. The number of pyridine rings is 1. The van der Waals surface area contributed by atoms with Gasteiger partial charge >= 0.3 is 0 Å². The standard InChI is InChI=1S/C19H23N3OS2/c23-19(16-25-18-6-8-20-9-7-18)22-12-10-21(11-13-22)14-15-24-17-4-2-1-3-5-17/h1-9H,10-16H2. The molecule has 1 amide bonds. The van der Waals surface area contributed by atoms with Crippen LogP contribution in [-0.2, 0) is 4.79 Å². The highest BCUT2D eigenvalue weighted by atomic mass is 32.2. The molecule has 0 saturated carbocycles. The predicted octanol–water partition coefficient (Wildman–Crippen LogP) is 3.11. The van der Waals surface area contributed by atoms with Gasteiger partial charge in [0.15, 0.2) is 0 Å². The Bertz CT molecular complexity index is 646. The first-order valence-corrected chi connectivity index (χ1v) is 10.5. The Morgan fingerprint density at radius 1 is 0.920 bits per heavy atom. The highest BCUT2D eigenvalue weighted by Crippen LogP contribution is 2.18. The van der Waals surface area contributed by atoms with Crippen LogP contribution in [0.15, 0.2) is 64.6 Å². The zero-order valence-electron chi connectivity index (χ0n) is 14.2. The van der Waals surface area contributed by atoms with E-state index < -0.39 is 0 Å². The van der Waals surface area contributed by atoms with Crippen molar-refractivity contribution in [3.8, 4) is 0 Å². The molecule has 1 aliphatic heterocycles. The van der Waals surface area contributed by atoms with Crippen molar-refractivity contribution in [2.75, 3.05) is 44.2 Å². The minimum Gasteiger partial charge on any atom is -0.339 e. The van der Waals surface area contributed by atoms with Crippen LogP contribution in [0.1, 0.15) is 0 Å². The first kappa shape index (κ1) is 18.3. The number of carbonyl (C=O) groups is 1. The average Bonchev–Trinajstić information content (AvgIpc) is 2.68. The fourth-order valence-electron chi connectivity index (χ4n) is 2.70. The van der Waals surface area contributed by atoms with Crippen molar-refractivity contribution in [3.63, 3.8) is 0 Å². The lowest BCUT2D eigenvalue weighted by Gasteiger charge is -2.34. The number of nitrogens with zero attached hydrogens (tertiary/aromatic N) is 3. The molecule has 3 rings (SSSR count). The summed E-state index contributed by atoms with van der Waals surface area (Å²) >= 11 is 3.48. The molecular weight excluding hydrogens is 350 g/mol. The summed E-state index contributed by atoms with van der Waals surface area (Å²) in [7, 11) is 0. The minimum absolute atomic E-state index is 0.236. The summed E-state index contributed by atoms with van der Waals surface area (Å²) in [6.07, 6.45) is 3.53. The Morgan fingerprint density at radius 3 is 2.32 bits per heavy atom. The highest BCUT2D eigenvalue weighted by molar-refractivity contribution is 8.00. The minimum atomic E-state index is 0.236. The van der Waals surface area contributed by atoms with Gasteiger partial charge in [0, 0.05) is 60.7 Å². The summed E-state index contributed by atoms with van der Waals surface area (Å²) in [5, 5.41) is 0. The Morgan fingerprint density at radius 2 is 1.60 bits per heavy atom. The number of carbonyl (C=O) groups excluding carboxylic acids is 1. The van der Waals surface area contributed by atoms with Crippen molar-refractivity contribution >= 4 is 29.4 Å². The molecule has 1 aromatic carbocycles. The van der Waals surface area contributed by atoms with E-state index in [0.717, 1.165) is 43.4 Å². The first-order chi connectivity index (χ1) is 12.3. The first-order valence-electron chi connectivity index (χ1n) is 8.52. The Kier molecular flexibility index (Phi) is 7.21. The van der Waals surface area contributed by atoms with E-state index in [1.807, 2.05) is 34.9 Å². The second kappa shape index (κ2) is 9.85. The van der Waals surface area contributed by atoms with Gasteiger partial charge in [-0.3, -0.25) is 14.7 Å². The molecule has 0 N–H and O–H groups in total. The van der Waals surface area contributed by atoms with Gasteiger partial charge in [-0.15, -0.1) is 23.5 Å². The monoisotopic (exact) mass is 373 g/mol. The van der Waals surface area contributed by atoms with E-state index in [-0.39, 0.29) is 5.91 Å². The summed E-state index contributed by atoms with van der Waals surface area (Å²) in [5.74, 6) is 1.84. The van der Waals surface area contributed by atoms with Gasteiger partial charge in [0.25, 0.3) is 0 Å². The van der Waals surface area contributed by atoms with Crippen molar-refractivity contribution in [2.45, 2.75) is 9.79 Å². The number of thioether (sulfide) groups is 2. The fraction of sp³-hybridized carbons (Fsp3) is 0.368. The average molecular weight is 374 g/mol. The van der Waals surface area contributed by atoms with Gasteiger partial charge in [-0.05, 0) is 24.3 Å². The topological polar surface area (TPSA) is 36.4 Å². The van der Waals surface area contributed by atoms with E-state index >= 15 is 0 Å². The number of benzene rings is 1. The lowest BCUT2D eigenvalue weighted by molar-refractivity contribution is -0.130. The molecule has 0 bridgehead atoms. The van der Waals surface area contributed by atoms with Crippen molar-refractivity contribution in [1.82, 2.24) is 14.8 Å². The number of amides is 1. The maximum atomic E-state index is 12.3. The molecule has 1 saturated heterocycles. The summed E-state index contributed by atoms with van der Waals surface area (Å²) < 4.78 is 0. The van der Waals surface area contributed by atoms with Gasteiger partial charge in [-0.2, -0.15) is 0 Å². The third kappa shape index (κ3) is 6.06. The third-order valence-electron chi connectivity index (χ3n) is 4.16. The maximum absolute atomic E-state index is 12.3. The molecule has 0 aliphatic carbocycles. The van der Waals surface area contributed by atoms with Crippen LogP contribution in [0.2, 0.25) is 0 Å².